The molecule has 7 heteroatoms. The minimum Gasteiger partial charge on any atom is -0.466 e. The molecule has 0 radical (unpaired) electrons. The first-order valence-corrected chi connectivity index (χ1v) is 26.0. The summed E-state index contributed by atoms with van der Waals surface area (Å²) in [4.78, 5) is 30.4. The summed E-state index contributed by atoms with van der Waals surface area (Å²) in [6.45, 7) is 13.3. The third-order valence-electron chi connectivity index (χ3n) is 12.9. The Kier molecular flexibility index (Phi) is 40.2. The molecule has 1 aliphatic carbocycles. The minimum absolute atomic E-state index is 0.0122. The van der Waals surface area contributed by atoms with Crippen LogP contribution in [0.2, 0.25) is 0 Å². The smallest absolute Gasteiger partial charge is 0.305 e. The number of hydrogen-bond acceptors (Lipinski definition) is 6. The second kappa shape index (κ2) is 42.5. The maximum Gasteiger partial charge on any atom is 0.305 e. The average molecular weight is 820 g/mol. The second-order valence-corrected chi connectivity index (χ2v) is 18.3. The van der Waals surface area contributed by atoms with Gasteiger partial charge >= 0.3 is 5.97 Å². The molecule has 1 amide bonds. The predicted octanol–water partition coefficient (Wildman–Crippen LogP) is 13.3. The average Bonchev–Trinajstić information content (AvgIpc) is 3.23. The van der Waals surface area contributed by atoms with Crippen molar-refractivity contribution in [2.45, 2.75) is 258 Å². The van der Waals surface area contributed by atoms with Gasteiger partial charge in [-0.05, 0) is 83.2 Å². The highest BCUT2D eigenvalue weighted by molar-refractivity contribution is 5.76. The van der Waals surface area contributed by atoms with Gasteiger partial charge in [0.25, 0.3) is 0 Å². The lowest BCUT2D eigenvalue weighted by Gasteiger charge is -2.36. The molecule has 2 N–H and O–H groups in total. The summed E-state index contributed by atoms with van der Waals surface area (Å²) in [5, 5.41) is 13.1. The number of carbonyl (C=O) groups excluding carboxylic acids is 2. The van der Waals surface area contributed by atoms with Crippen molar-refractivity contribution in [3.05, 3.63) is 0 Å². The van der Waals surface area contributed by atoms with Gasteiger partial charge in [0.15, 0.2) is 0 Å². The van der Waals surface area contributed by atoms with Crippen molar-refractivity contribution in [1.82, 2.24) is 15.1 Å². The van der Waals surface area contributed by atoms with Crippen LogP contribution >= 0.6 is 0 Å². The third-order valence-corrected chi connectivity index (χ3v) is 12.9. The molecule has 344 valence electrons. The van der Waals surface area contributed by atoms with Crippen molar-refractivity contribution in [1.29, 1.82) is 0 Å². The lowest BCUT2D eigenvalue weighted by molar-refractivity contribution is -0.143. The van der Waals surface area contributed by atoms with Crippen molar-refractivity contribution >= 4 is 11.9 Å². The molecule has 0 aromatic rings. The van der Waals surface area contributed by atoms with Crippen molar-refractivity contribution in [2.24, 2.45) is 5.92 Å². The highest BCUT2D eigenvalue weighted by Crippen LogP contribution is 2.24. The van der Waals surface area contributed by atoms with E-state index in [-0.39, 0.29) is 18.5 Å². The van der Waals surface area contributed by atoms with Gasteiger partial charge in [-0.15, -0.1) is 0 Å². The molecule has 0 saturated heterocycles. The summed E-state index contributed by atoms with van der Waals surface area (Å²) in [6, 6.07) is 0.679. The Morgan fingerprint density at radius 3 is 1.67 bits per heavy atom. The fourth-order valence-corrected chi connectivity index (χ4v) is 9.08. The molecule has 1 rings (SSSR count). The van der Waals surface area contributed by atoms with E-state index in [4.69, 9.17) is 4.74 Å². The number of esters is 1. The number of aliphatic hydroxyl groups excluding tert-OH is 1. The number of nitrogens with zero attached hydrogens (tertiary/aromatic N) is 2. The normalized spacial score (nSPS) is 13.6. The van der Waals surface area contributed by atoms with E-state index in [1.807, 2.05) is 0 Å². The van der Waals surface area contributed by atoms with Crippen LogP contribution in [0.3, 0.4) is 0 Å². The van der Waals surface area contributed by atoms with Crippen molar-refractivity contribution in [3.63, 3.8) is 0 Å². The van der Waals surface area contributed by atoms with Gasteiger partial charge < -0.3 is 15.2 Å². The number of amides is 1. The zero-order valence-corrected chi connectivity index (χ0v) is 39.3. The molecular weight excluding hydrogens is 719 g/mol. The lowest BCUT2D eigenvalue weighted by Crippen LogP contribution is -2.43. The van der Waals surface area contributed by atoms with E-state index in [0.29, 0.717) is 31.4 Å². The Hall–Kier alpha value is -1.18. The zero-order chi connectivity index (χ0) is 42.0. The number of carbonyl (C=O) groups is 2. The van der Waals surface area contributed by atoms with Crippen LogP contribution in [-0.2, 0) is 14.3 Å². The monoisotopic (exact) mass is 820 g/mol. The molecule has 58 heavy (non-hydrogen) atoms. The van der Waals surface area contributed by atoms with Gasteiger partial charge in [0.05, 0.1) is 13.2 Å². The van der Waals surface area contributed by atoms with E-state index < -0.39 is 0 Å². The first kappa shape index (κ1) is 54.8. The Bertz CT molecular complexity index is 866. The summed E-state index contributed by atoms with van der Waals surface area (Å²) in [6.07, 6.45) is 44.1. The number of unbranched alkanes of at least 4 members (excludes halogenated alkanes) is 22. The number of rotatable bonds is 44. The van der Waals surface area contributed by atoms with Crippen LogP contribution in [0.15, 0.2) is 0 Å². The van der Waals surface area contributed by atoms with Gasteiger partial charge in [-0.3, -0.25) is 19.4 Å². The lowest BCUT2D eigenvalue weighted by atomic mass is 9.91. The first-order chi connectivity index (χ1) is 28.5. The van der Waals surface area contributed by atoms with E-state index in [1.165, 1.54) is 167 Å². The van der Waals surface area contributed by atoms with Gasteiger partial charge in [0.1, 0.15) is 0 Å². The topological polar surface area (TPSA) is 82.1 Å². The maximum atomic E-state index is 13.0. The molecule has 0 atom stereocenters. The van der Waals surface area contributed by atoms with E-state index >= 15 is 0 Å². The Morgan fingerprint density at radius 2 is 1.09 bits per heavy atom. The third kappa shape index (κ3) is 34.5. The molecule has 1 aliphatic rings. The molecule has 0 spiro atoms. The Morgan fingerprint density at radius 1 is 0.569 bits per heavy atom. The molecule has 7 nitrogen and oxygen atoms in total. The minimum atomic E-state index is -0.0122. The number of ether oxygens (including phenoxy) is 1. The number of aliphatic hydroxyl groups is 1. The summed E-state index contributed by atoms with van der Waals surface area (Å²) in [5.41, 5.74) is 0. The molecule has 0 aromatic carbocycles. The molecule has 1 saturated carbocycles. The van der Waals surface area contributed by atoms with Gasteiger partial charge in [-0.2, -0.15) is 0 Å². The molecule has 1 fully saturated rings. The van der Waals surface area contributed by atoms with Gasteiger partial charge in [0, 0.05) is 45.1 Å². The summed E-state index contributed by atoms with van der Waals surface area (Å²) < 4.78 is 5.58. The van der Waals surface area contributed by atoms with Crippen LogP contribution in [0.25, 0.3) is 0 Å². The van der Waals surface area contributed by atoms with Gasteiger partial charge in [-0.25, -0.2) is 0 Å². The van der Waals surface area contributed by atoms with Gasteiger partial charge in [0.2, 0.25) is 5.91 Å². The summed E-state index contributed by atoms with van der Waals surface area (Å²) in [5.74, 6) is 0.792. The predicted molar refractivity (Wildman–Crippen MR) is 250 cm³/mol. The van der Waals surface area contributed by atoms with Crippen LogP contribution < -0.4 is 5.32 Å². The zero-order valence-electron chi connectivity index (χ0n) is 39.3. The van der Waals surface area contributed by atoms with E-state index in [9.17, 15) is 14.7 Å². The Balaban J connectivity index is 2.32. The van der Waals surface area contributed by atoms with Crippen LogP contribution in [0, 0.1) is 5.92 Å². The molecule has 0 unspecified atom stereocenters. The van der Waals surface area contributed by atoms with E-state index in [2.05, 4.69) is 35.9 Å². The van der Waals surface area contributed by atoms with Crippen LogP contribution in [0.5, 0.6) is 0 Å². The quantitative estimate of drug-likeness (QED) is 0.0471. The standard InChI is InChI=1S/C51H101N3O4/c1-4-7-10-13-16-17-18-21-29-38-51(57)58-46-33-24-32-41-54(49-36-27-22-28-37-49)43-42-53(44-45-55)40-31-23-30-39-52-50(56)47-48(34-25-19-14-11-8-5-2)35-26-20-15-12-9-6-3/h48-49,55H,4-47H2,1-3H3,(H,52,56). The molecule has 0 heterocycles. The highest BCUT2D eigenvalue weighted by Gasteiger charge is 2.21. The first-order valence-electron chi connectivity index (χ1n) is 26.0. The van der Waals surface area contributed by atoms with E-state index in [1.54, 1.807) is 0 Å². The van der Waals surface area contributed by atoms with Crippen molar-refractivity contribution < 1.29 is 19.4 Å². The highest BCUT2D eigenvalue weighted by atomic mass is 16.5. The van der Waals surface area contributed by atoms with Crippen molar-refractivity contribution in [3.8, 4) is 0 Å². The van der Waals surface area contributed by atoms with Crippen LogP contribution in [0.4, 0.5) is 0 Å². The molecule has 0 aliphatic heterocycles. The largest absolute Gasteiger partial charge is 0.466 e. The SMILES string of the molecule is CCCCCCCCCCCC(=O)OCCCCCN(CCN(CCO)CCCCCNC(=O)CC(CCCCCCCC)CCCCCCCC)C1CCCCC1. The fraction of sp³-hybridized carbons (Fsp3) is 0.961. The molecule has 0 aromatic heterocycles. The Labute approximate surface area is 361 Å². The van der Waals surface area contributed by atoms with Crippen LogP contribution in [-0.4, -0.2) is 85.3 Å². The van der Waals surface area contributed by atoms with Crippen molar-refractivity contribution in [2.75, 3.05) is 52.5 Å². The number of nitrogens with one attached hydrogen (secondary N) is 1. The van der Waals surface area contributed by atoms with Gasteiger partial charge in [-0.1, -0.05) is 175 Å². The summed E-state index contributed by atoms with van der Waals surface area (Å²) >= 11 is 0. The fourth-order valence-electron chi connectivity index (χ4n) is 9.08. The summed E-state index contributed by atoms with van der Waals surface area (Å²) in [7, 11) is 0. The molecule has 0 bridgehead atoms. The number of hydrogen-bond donors (Lipinski definition) is 2. The molecular formula is C51H101N3O4. The maximum absolute atomic E-state index is 13.0. The van der Waals surface area contributed by atoms with Crippen LogP contribution in [0.1, 0.15) is 252 Å². The second-order valence-electron chi connectivity index (χ2n) is 18.3. The van der Waals surface area contributed by atoms with E-state index in [0.717, 1.165) is 90.6 Å².